The fourth-order valence-corrected chi connectivity index (χ4v) is 3.00. The Morgan fingerprint density at radius 3 is 2.58 bits per heavy atom. The van der Waals surface area contributed by atoms with E-state index in [9.17, 15) is 4.79 Å². The molecule has 3 nitrogen and oxygen atoms in total. The molecule has 0 fully saturated rings. The third kappa shape index (κ3) is 4.62. The Kier molecular flexibility index (Phi) is 6.52. The molecule has 106 valence electrons. The molecule has 1 N–H and O–H groups in total. The number of halogens is 1. The molecule has 0 aliphatic carbocycles. The Morgan fingerprint density at radius 2 is 2.11 bits per heavy atom. The lowest BCUT2D eigenvalue weighted by atomic mass is 10.0. The molecule has 0 amide bonds. The van der Waals surface area contributed by atoms with Gasteiger partial charge in [0.05, 0.1) is 6.42 Å². The monoisotopic (exact) mass is 327 g/mol. The van der Waals surface area contributed by atoms with Gasteiger partial charge in [0.2, 0.25) is 0 Å². The van der Waals surface area contributed by atoms with Crippen molar-refractivity contribution in [2.45, 2.75) is 45.7 Å². The fourth-order valence-electron chi connectivity index (χ4n) is 2.58. The Hall–Kier alpha value is -0.870. The van der Waals surface area contributed by atoms with E-state index < -0.39 is 5.97 Å². The molecule has 0 spiro atoms. The normalized spacial score (nSPS) is 14.4. The number of carbonyl (C=O) groups is 1. The molecule has 0 saturated heterocycles. The smallest absolute Gasteiger partial charge is 0.304 e. The van der Waals surface area contributed by atoms with Crippen LogP contribution in [0.2, 0.25) is 0 Å². The zero-order chi connectivity index (χ0) is 14.4. The Morgan fingerprint density at radius 1 is 1.42 bits per heavy atom. The van der Waals surface area contributed by atoms with Crippen molar-refractivity contribution < 1.29 is 9.90 Å². The molecule has 19 heavy (non-hydrogen) atoms. The minimum atomic E-state index is -0.741. The maximum atomic E-state index is 10.9. The summed E-state index contributed by atoms with van der Waals surface area (Å²) in [5.74, 6) is -0.741. The second-order valence-corrected chi connectivity index (χ2v) is 5.67. The van der Waals surface area contributed by atoms with Crippen LogP contribution in [0.1, 0.15) is 45.2 Å². The molecule has 2 atom stereocenters. The summed E-state index contributed by atoms with van der Waals surface area (Å²) in [5, 5.41) is 8.96. The van der Waals surface area contributed by atoms with Gasteiger partial charge in [-0.25, -0.2) is 0 Å². The summed E-state index contributed by atoms with van der Waals surface area (Å²) in [5.41, 5.74) is 1.23. The second kappa shape index (κ2) is 7.65. The summed E-state index contributed by atoms with van der Waals surface area (Å²) >= 11 is 3.50. The van der Waals surface area contributed by atoms with E-state index in [4.69, 9.17) is 5.11 Å². The highest BCUT2D eigenvalue weighted by atomic mass is 79.9. The first-order chi connectivity index (χ1) is 8.99. The van der Waals surface area contributed by atoms with Gasteiger partial charge >= 0.3 is 5.97 Å². The van der Waals surface area contributed by atoms with Crippen molar-refractivity contribution in [1.29, 1.82) is 0 Å². The van der Waals surface area contributed by atoms with Crippen molar-refractivity contribution in [2.24, 2.45) is 0 Å². The lowest BCUT2D eigenvalue weighted by Crippen LogP contribution is -2.37. The van der Waals surface area contributed by atoms with Gasteiger partial charge in [-0.2, -0.15) is 0 Å². The van der Waals surface area contributed by atoms with Crippen LogP contribution in [0.3, 0.4) is 0 Å². The van der Waals surface area contributed by atoms with E-state index >= 15 is 0 Å². The average molecular weight is 328 g/mol. The van der Waals surface area contributed by atoms with Crippen molar-refractivity contribution in [3.05, 3.63) is 34.3 Å². The van der Waals surface area contributed by atoms with E-state index in [0.29, 0.717) is 0 Å². The van der Waals surface area contributed by atoms with Gasteiger partial charge < -0.3 is 5.11 Å². The van der Waals surface area contributed by atoms with Gasteiger partial charge in [-0.3, -0.25) is 9.69 Å². The largest absolute Gasteiger partial charge is 0.481 e. The fraction of sp³-hybridized carbons (Fsp3) is 0.533. The third-order valence-corrected chi connectivity index (χ3v) is 3.92. The van der Waals surface area contributed by atoms with Gasteiger partial charge in [-0.15, -0.1) is 0 Å². The molecule has 2 unspecified atom stereocenters. The first-order valence-electron chi connectivity index (χ1n) is 6.72. The highest BCUT2D eigenvalue weighted by molar-refractivity contribution is 9.10. The quantitative estimate of drug-likeness (QED) is 0.820. The minimum Gasteiger partial charge on any atom is -0.481 e. The Bertz CT molecular complexity index is 422. The van der Waals surface area contributed by atoms with Gasteiger partial charge in [0.1, 0.15) is 0 Å². The second-order valence-electron chi connectivity index (χ2n) is 4.76. The van der Waals surface area contributed by atoms with Crippen LogP contribution < -0.4 is 0 Å². The summed E-state index contributed by atoms with van der Waals surface area (Å²) in [6.07, 6.45) is 1.15. The lowest BCUT2D eigenvalue weighted by molar-refractivity contribution is -0.138. The van der Waals surface area contributed by atoms with Crippen molar-refractivity contribution in [3.8, 4) is 0 Å². The zero-order valence-corrected chi connectivity index (χ0v) is 13.4. The van der Waals surface area contributed by atoms with Crippen LogP contribution in [0, 0.1) is 0 Å². The molecule has 0 bridgehead atoms. The first kappa shape index (κ1) is 16.2. The predicted molar refractivity (Wildman–Crippen MR) is 81.3 cm³/mol. The molecule has 1 aromatic carbocycles. The van der Waals surface area contributed by atoms with Crippen LogP contribution in [-0.4, -0.2) is 28.6 Å². The first-order valence-corrected chi connectivity index (χ1v) is 7.51. The van der Waals surface area contributed by atoms with Gasteiger partial charge in [0.25, 0.3) is 0 Å². The number of hydrogen-bond donors (Lipinski definition) is 1. The Balaban J connectivity index is 2.95. The summed E-state index contributed by atoms with van der Waals surface area (Å²) in [4.78, 5) is 13.2. The SMILES string of the molecule is CCC(c1cccc(Br)c1)N(CC)C(C)CC(=O)O. The van der Waals surface area contributed by atoms with E-state index in [1.165, 1.54) is 5.56 Å². The summed E-state index contributed by atoms with van der Waals surface area (Å²) in [7, 11) is 0. The van der Waals surface area contributed by atoms with Crippen molar-refractivity contribution >= 4 is 21.9 Å². The van der Waals surface area contributed by atoms with Gasteiger partial charge in [0, 0.05) is 16.6 Å². The molecule has 0 radical (unpaired) electrons. The van der Waals surface area contributed by atoms with Crippen LogP contribution in [0.5, 0.6) is 0 Å². The molecule has 1 aromatic rings. The molecular weight excluding hydrogens is 306 g/mol. The number of carboxylic acid groups (broad SMARTS) is 1. The maximum Gasteiger partial charge on any atom is 0.304 e. The Labute approximate surface area is 123 Å². The molecule has 0 heterocycles. The van der Waals surface area contributed by atoms with Crippen LogP contribution >= 0.6 is 15.9 Å². The maximum absolute atomic E-state index is 10.9. The van der Waals surface area contributed by atoms with Crippen molar-refractivity contribution in [2.75, 3.05) is 6.54 Å². The van der Waals surface area contributed by atoms with E-state index in [0.717, 1.165) is 17.4 Å². The predicted octanol–water partition coefficient (Wildman–Crippen LogP) is 4.09. The average Bonchev–Trinajstić information content (AvgIpc) is 2.34. The summed E-state index contributed by atoms with van der Waals surface area (Å²) in [6.45, 7) is 7.05. The molecule has 4 heteroatoms. The molecule has 0 aliphatic heterocycles. The van der Waals surface area contributed by atoms with E-state index in [1.807, 2.05) is 19.1 Å². The molecule has 0 aromatic heterocycles. The molecule has 0 saturated carbocycles. The van der Waals surface area contributed by atoms with Crippen molar-refractivity contribution in [3.63, 3.8) is 0 Å². The van der Waals surface area contributed by atoms with Gasteiger partial charge in [0.15, 0.2) is 0 Å². The highest BCUT2D eigenvalue weighted by Gasteiger charge is 2.23. The van der Waals surface area contributed by atoms with E-state index in [2.05, 4.69) is 46.8 Å². The van der Waals surface area contributed by atoms with Gasteiger partial charge in [-0.1, -0.05) is 41.9 Å². The van der Waals surface area contributed by atoms with E-state index in [-0.39, 0.29) is 18.5 Å². The van der Waals surface area contributed by atoms with Crippen LogP contribution in [-0.2, 0) is 4.79 Å². The zero-order valence-electron chi connectivity index (χ0n) is 11.8. The minimum absolute atomic E-state index is 0.0337. The number of benzene rings is 1. The molecule has 1 rings (SSSR count). The molecule has 0 aliphatic rings. The lowest BCUT2D eigenvalue weighted by Gasteiger charge is -2.35. The highest BCUT2D eigenvalue weighted by Crippen LogP contribution is 2.28. The number of hydrogen-bond acceptors (Lipinski definition) is 2. The standard InChI is InChI=1S/C15H22BrNO2/c1-4-14(12-7-6-8-13(16)10-12)17(5-2)11(3)9-15(18)19/h6-8,10-11,14H,4-5,9H2,1-3H3,(H,18,19). The van der Waals surface area contributed by atoms with Gasteiger partial charge in [-0.05, 0) is 37.6 Å². The molecular formula is C15H22BrNO2. The number of rotatable bonds is 7. The van der Waals surface area contributed by atoms with Crippen LogP contribution in [0.25, 0.3) is 0 Å². The van der Waals surface area contributed by atoms with Crippen LogP contribution in [0.4, 0.5) is 0 Å². The topological polar surface area (TPSA) is 40.5 Å². The third-order valence-electron chi connectivity index (χ3n) is 3.42. The number of carboxylic acids is 1. The van der Waals surface area contributed by atoms with E-state index in [1.54, 1.807) is 0 Å². The summed E-state index contributed by atoms with van der Waals surface area (Å²) < 4.78 is 1.06. The van der Waals surface area contributed by atoms with Crippen molar-refractivity contribution in [1.82, 2.24) is 4.90 Å². The number of nitrogens with zero attached hydrogens (tertiary/aromatic N) is 1. The summed E-state index contributed by atoms with van der Waals surface area (Å²) in [6, 6.07) is 8.55. The number of aliphatic carboxylic acids is 1. The van der Waals surface area contributed by atoms with Crippen LogP contribution in [0.15, 0.2) is 28.7 Å².